The van der Waals surface area contributed by atoms with Gasteiger partial charge in [-0.25, -0.2) is 0 Å². The minimum absolute atomic E-state index is 0.112. The maximum atomic E-state index is 11.0. The molecule has 0 atom stereocenters. The van der Waals surface area contributed by atoms with Crippen LogP contribution in [0, 0.1) is 5.21 Å². The molecule has 14 heavy (non-hydrogen) atoms. The Hall–Kier alpha value is -1.78. The van der Waals surface area contributed by atoms with Gasteiger partial charge in [-0.2, -0.15) is 4.73 Å². The summed E-state index contributed by atoms with van der Waals surface area (Å²) in [7, 11) is 0. The van der Waals surface area contributed by atoms with Crippen LogP contribution < -0.4 is 15.2 Å². The minimum Gasteiger partial charge on any atom is -0.618 e. The summed E-state index contributed by atoms with van der Waals surface area (Å²) in [5.41, 5.74) is 4.88. The summed E-state index contributed by atoms with van der Waals surface area (Å²) in [5.74, 6) is -0.283. The van der Waals surface area contributed by atoms with Crippen molar-refractivity contribution in [2.45, 2.75) is 13.3 Å². The van der Waals surface area contributed by atoms with E-state index in [-0.39, 0.29) is 5.69 Å². The van der Waals surface area contributed by atoms with Crippen LogP contribution in [0.3, 0.4) is 0 Å². The van der Waals surface area contributed by atoms with Gasteiger partial charge in [-0.1, -0.05) is 6.92 Å². The number of carbonyl (C=O) groups excluding carboxylic acids is 1. The number of carbonyl (C=O) groups is 1. The Bertz CT molecular complexity index is 339. The zero-order valence-electron chi connectivity index (χ0n) is 7.90. The molecule has 0 bridgehead atoms. The molecule has 5 heteroatoms. The fraction of sp³-hybridized carbons (Fsp3) is 0.333. The van der Waals surface area contributed by atoms with Gasteiger partial charge in [0.15, 0.2) is 6.20 Å². The minimum atomic E-state index is -0.762. The molecule has 0 unspecified atom stereocenters. The second-order valence-electron chi connectivity index (χ2n) is 2.79. The molecule has 0 radical (unpaired) electrons. The first-order chi connectivity index (χ1) is 6.65. The van der Waals surface area contributed by atoms with Gasteiger partial charge in [-0.05, 0) is 6.42 Å². The van der Waals surface area contributed by atoms with Crippen LogP contribution in [0.15, 0.2) is 18.3 Å². The summed E-state index contributed by atoms with van der Waals surface area (Å²) in [4.78, 5) is 10.8. The predicted molar refractivity (Wildman–Crippen MR) is 49.7 cm³/mol. The molecule has 2 N–H and O–H groups in total. The van der Waals surface area contributed by atoms with Crippen LogP contribution in [0.4, 0.5) is 0 Å². The first kappa shape index (κ1) is 10.3. The number of nitrogens with zero attached hydrogens (tertiary/aromatic N) is 1. The van der Waals surface area contributed by atoms with Crippen LogP contribution in [0.2, 0.25) is 0 Å². The second-order valence-corrected chi connectivity index (χ2v) is 2.79. The monoisotopic (exact) mass is 196 g/mol. The number of hydrogen-bond acceptors (Lipinski definition) is 3. The first-order valence-electron chi connectivity index (χ1n) is 4.31. The summed E-state index contributed by atoms with van der Waals surface area (Å²) < 4.78 is 5.66. The summed E-state index contributed by atoms with van der Waals surface area (Å²) in [6.45, 7) is 2.51. The molecule has 0 spiro atoms. The molecular formula is C9H12N2O3. The smallest absolute Gasteiger partial charge is 0.314 e. The molecule has 1 heterocycles. The number of pyridine rings is 1. The van der Waals surface area contributed by atoms with Crippen LogP contribution in [-0.4, -0.2) is 12.5 Å². The largest absolute Gasteiger partial charge is 0.618 e. The van der Waals surface area contributed by atoms with Crippen molar-refractivity contribution >= 4 is 5.91 Å². The summed E-state index contributed by atoms with van der Waals surface area (Å²) in [6, 6.07) is 2.83. The van der Waals surface area contributed by atoms with Crippen molar-refractivity contribution in [1.82, 2.24) is 0 Å². The van der Waals surface area contributed by atoms with Crippen LogP contribution in [-0.2, 0) is 0 Å². The molecule has 0 aliphatic carbocycles. The molecule has 1 aromatic rings. The molecule has 0 fully saturated rings. The normalized spacial score (nSPS) is 9.79. The fourth-order valence-electron chi connectivity index (χ4n) is 0.957. The van der Waals surface area contributed by atoms with Crippen molar-refractivity contribution in [3.63, 3.8) is 0 Å². The topological polar surface area (TPSA) is 79.3 Å². The lowest BCUT2D eigenvalue weighted by Crippen LogP contribution is -2.36. The van der Waals surface area contributed by atoms with Crippen LogP contribution in [0.1, 0.15) is 23.8 Å². The van der Waals surface area contributed by atoms with Gasteiger partial charge >= 0.3 is 5.91 Å². The van der Waals surface area contributed by atoms with E-state index in [0.717, 1.165) is 6.42 Å². The highest BCUT2D eigenvalue weighted by atomic mass is 16.5. The van der Waals surface area contributed by atoms with E-state index >= 15 is 0 Å². The number of nitrogens with two attached hydrogens (primary N) is 1. The molecule has 0 aliphatic rings. The standard InChI is InChI=1S/C9H12N2O3/c1-2-5-14-7-3-4-11(13)8(6-7)9(10)12/h3-4,6H,2,5H2,1H3,(H2,10,12). The van der Waals surface area contributed by atoms with E-state index in [1.165, 1.54) is 18.3 Å². The van der Waals surface area contributed by atoms with Crippen molar-refractivity contribution < 1.29 is 14.3 Å². The quantitative estimate of drug-likeness (QED) is 0.552. The Labute approximate surface area is 81.7 Å². The fourth-order valence-corrected chi connectivity index (χ4v) is 0.957. The molecule has 0 saturated carbocycles. The highest BCUT2D eigenvalue weighted by molar-refractivity contribution is 5.89. The van der Waals surface area contributed by atoms with E-state index in [2.05, 4.69) is 0 Å². The van der Waals surface area contributed by atoms with Gasteiger partial charge in [0, 0.05) is 6.07 Å². The zero-order chi connectivity index (χ0) is 10.6. The van der Waals surface area contributed by atoms with Crippen LogP contribution in [0.25, 0.3) is 0 Å². The molecule has 76 valence electrons. The highest BCUT2D eigenvalue weighted by Gasteiger charge is 2.13. The Morgan fingerprint density at radius 1 is 1.71 bits per heavy atom. The maximum absolute atomic E-state index is 11.0. The lowest BCUT2D eigenvalue weighted by Gasteiger charge is -2.05. The van der Waals surface area contributed by atoms with Gasteiger partial charge in [0.05, 0.1) is 12.7 Å². The Morgan fingerprint density at radius 3 is 3.00 bits per heavy atom. The number of amides is 1. The summed E-state index contributed by atoms with van der Waals surface area (Å²) in [5, 5.41) is 11.0. The first-order valence-corrected chi connectivity index (χ1v) is 4.31. The van der Waals surface area contributed by atoms with Crippen molar-refractivity contribution in [2.24, 2.45) is 5.73 Å². The highest BCUT2D eigenvalue weighted by Crippen LogP contribution is 2.09. The number of aromatic nitrogens is 1. The summed E-state index contributed by atoms with van der Waals surface area (Å²) in [6.07, 6.45) is 2.06. The predicted octanol–water partition coefficient (Wildman–Crippen LogP) is 0.208. The SMILES string of the molecule is CCCOc1cc[n+]([O-])c(C(N)=O)c1. The lowest BCUT2D eigenvalue weighted by atomic mass is 10.3. The van der Waals surface area contributed by atoms with Crippen LogP contribution in [0.5, 0.6) is 5.75 Å². The van der Waals surface area contributed by atoms with Crippen molar-refractivity contribution in [2.75, 3.05) is 6.61 Å². The lowest BCUT2D eigenvalue weighted by molar-refractivity contribution is -0.607. The Balaban J connectivity index is 2.89. The number of hydrogen-bond donors (Lipinski definition) is 1. The third-order valence-corrected chi connectivity index (χ3v) is 1.62. The second kappa shape index (κ2) is 4.45. The third kappa shape index (κ3) is 2.35. The van der Waals surface area contributed by atoms with Gasteiger partial charge < -0.3 is 15.7 Å². The molecule has 1 rings (SSSR count). The van der Waals surface area contributed by atoms with Crippen molar-refractivity contribution in [3.05, 3.63) is 29.2 Å². The van der Waals surface area contributed by atoms with Gasteiger partial charge in [0.2, 0.25) is 0 Å². The van der Waals surface area contributed by atoms with Crippen LogP contribution >= 0.6 is 0 Å². The molecule has 0 aromatic carbocycles. The van der Waals surface area contributed by atoms with Crippen molar-refractivity contribution in [1.29, 1.82) is 0 Å². The molecule has 0 saturated heterocycles. The van der Waals surface area contributed by atoms with E-state index in [1.807, 2.05) is 6.92 Å². The zero-order valence-corrected chi connectivity index (χ0v) is 7.90. The Kier molecular flexibility index (Phi) is 3.28. The van der Waals surface area contributed by atoms with E-state index < -0.39 is 5.91 Å². The average Bonchev–Trinajstić information content (AvgIpc) is 2.16. The van der Waals surface area contributed by atoms with Gasteiger partial charge in [0.25, 0.3) is 5.69 Å². The molecule has 1 aromatic heterocycles. The average molecular weight is 196 g/mol. The molecular weight excluding hydrogens is 184 g/mol. The number of rotatable bonds is 4. The third-order valence-electron chi connectivity index (χ3n) is 1.62. The van der Waals surface area contributed by atoms with Gasteiger partial charge in [-0.3, -0.25) is 4.79 Å². The van der Waals surface area contributed by atoms with E-state index in [0.29, 0.717) is 17.1 Å². The molecule has 0 aliphatic heterocycles. The van der Waals surface area contributed by atoms with E-state index in [9.17, 15) is 10.0 Å². The Morgan fingerprint density at radius 2 is 2.43 bits per heavy atom. The van der Waals surface area contributed by atoms with Gasteiger partial charge in [-0.15, -0.1) is 0 Å². The summed E-state index contributed by atoms with van der Waals surface area (Å²) >= 11 is 0. The van der Waals surface area contributed by atoms with E-state index in [4.69, 9.17) is 10.5 Å². The van der Waals surface area contributed by atoms with Gasteiger partial charge in [0.1, 0.15) is 5.75 Å². The number of primary amides is 1. The van der Waals surface area contributed by atoms with E-state index in [1.54, 1.807) is 0 Å². The molecule has 5 nitrogen and oxygen atoms in total. The molecule has 1 amide bonds. The van der Waals surface area contributed by atoms with Crippen molar-refractivity contribution in [3.8, 4) is 5.75 Å². The number of ether oxygens (including phenoxy) is 1. The maximum Gasteiger partial charge on any atom is 0.314 e.